The number of hydrogen-bond acceptors (Lipinski definition) is 0. The molecule has 0 aromatic carbocycles. The Morgan fingerprint density at radius 3 is 1.89 bits per heavy atom. The molecule has 4 N–H and O–H groups in total. The molecule has 0 aromatic heterocycles. The van der Waals surface area contributed by atoms with Gasteiger partial charge in [-0.1, -0.05) is 46.0 Å². The average Bonchev–Trinajstić information content (AvgIpc) is 1.69. The quantitative estimate of drug-likeness (QED) is 0.519. The highest BCUT2D eigenvalue weighted by Crippen LogP contribution is 1.99. The highest BCUT2D eigenvalue weighted by molar-refractivity contribution is 4.41. The van der Waals surface area contributed by atoms with Gasteiger partial charge in [0.2, 0.25) is 0 Å². The van der Waals surface area contributed by atoms with Crippen molar-refractivity contribution in [3.8, 4) is 0 Å². The molecule has 0 heterocycles. The summed E-state index contributed by atoms with van der Waals surface area (Å²) in [5.41, 5.74) is 0. The van der Waals surface area contributed by atoms with Crippen LogP contribution in [-0.4, -0.2) is 11.0 Å². The molecule has 0 spiro atoms. The molecule has 0 saturated heterocycles. The van der Waals surface area contributed by atoms with Gasteiger partial charge < -0.3 is 11.0 Å². The normalized spacial score (nSPS) is 7.33. The van der Waals surface area contributed by atoms with E-state index in [0.717, 1.165) is 6.42 Å². The monoisotopic (exact) mass is 135 g/mol. The number of unbranched alkanes of at least 4 members (excludes halogenated alkanes) is 4. The van der Waals surface area contributed by atoms with E-state index in [1.54, 1.807) is 0 Å². The molecule has 2 nitrogen and oxygen atoms in total. The second-order valence-corrected chi connectivity index (χ2v) is 1.91. The van der Waals surface area contributed by atoms with Crippen molar-refractivity contribution in [1.29, 1.82) is 0 Å². The van der Waals surface area contributed by atoms with Gasteiger partial charge in [0.1, 0.15) is 0 Å². The minimum absolute atomic E-state index is 0. The summed E-state index contributed by atoms with van der Waals surface area (Å²) in [6.07, 6.45) is 6.52. The van der Waals surface area contributed by atoms with Gasteiger partial charge >= 0.3 is 0 Å². The second-order valence-electron chi connectivity index (χ2n) is 1.91. The van der Waals surface area contributed by atoms with Gasteiger partial charge in [0.15, 0.2) is 0 Å². The molecule has 0 aliphatic heterocycles. The molecule has 0 unspecified atom stereocenters. The summed E-state index contributed by atoms with van der Waals surface area (Å²) < 4.78 is 0. The molecule has 9 heavy (non-hydrogen) atoms. The minimum Gasteiger partial charge on any atom is -0.412 e. The molecule has 0 atom stereocenters. The molecule has 1 radical (unpaired) electrons. The lowest BCUT2D eigenvalue weighted by Crippen LogP contribution is -1.71. The molecule has 0 aliphatic rings. The maximum atomic E-state index is 3.76. The predicted octanol–water partition coefficient (Wildman–Crippen LogP) is 1.14. The van der Waals surface area contributed by atoms with Crippen LogP contribution < -0.4 is 0 Å². The van der Waals surface area contributed by atoms with Crippen molar-refractivity contribution in [2.24, 2.45) is 0 Å². The minimum atomic E-state index is 0. The first kappa shape index (κ1) is 16.0. The van der Waals surface area contributed by atoms with Gasteiger partial charge in [-0.2, -0.15) is 0 Å². The molecular formula is C7H19O2. The largest absolute Gasteiger partial charge is 0.412 e. The van der Waals surface area contributed by atoms with Crippen molar-refractivity contribution in [2.45, 2.75) is 39.0 Å². The Morgan fingerprint density at radius 1 is 1.00 bits per heavy atom. The van der Waals surface area contributed by atoms with Crippen LogP contribution in [0.25, 0.3) is 0 Å². The molecule has 0 saturated carbocycles. The maximum absolute atomic E-state index is 3.76. The van der Waals surface area contributed by atoms with E-state index < -0.39 is 0 Å². The molecule has 0 fully saturated rings. The zero-order valence-electron chi connectivity index (χ0n) is 6.24. The topological polar surface area (TPSA) is 63.0 Å². The summed E-state index contributed by atoms with van der Waals surface area (Å²) in [6, 6.07) is 0. The standard InChI is InChI=1S/C7H15.2H2O/c1-3-5-7-6-4-2;;/h1,3-7H2,2H3;2*1H2. The lowest BCUT2D eigenvalue weighted by atomic mass is 10.2. The van der Waals surface area contributed by atoms with Gasteiger partial charge in [0.05, 0.1) is 0 Å². The van der Waals surface area contributed by atoms with Crippen LogP contribution in [0.3, 0.4) is 0 Å². The Kier molecular flexibility index (Phi) is 27.8. The Bertz CT molecular complexity index is 26.1. The van der Waals surface area contributed by atoms with Crippen LogP contribution in [0.5, 0.6) is 0 Å². The Morgan fingerprint density at radius 2 is 1.56 bits per heavy atom. The summed E-state index contributed by atoms with van der Waals surface area (Å²) in [5.74, 6) is 0. The molecular weight excluding hydrogens is 116 g/mol. The molecule has 0 aliphatic carbocycles. The SMILES string of the molecule is O.O.[CH2]CCCCCC. The van der Waals surface area contributed by atoms with Crippen LogP contribution in [0.2, 0.25) is 0 Å². The summed E-state index contributed by atoms with van der Waals surface area (Å²) in [6.45, 7) is 5.98. The third-order valence-corrected chi connectivity index (χ3v) is 1.10. The van der Waals surface area contributed by atoms with E-state index in [1.165, 1.54) is 25.7 Å². The molecule has 59 valence electrons. The fourth-order valence-corrected chi connectivity index (χ4v) is 0.604. The fourth-order valence-electron chi connectivity index (χ4n) is 0.604. The van der Waals surface area contributed by atoms with E-state index in [-0.39, 0.29) is 11.0 Å². The van der Waals surface area contributed by atoms with E-state index in [4.69, 9.17) is 0 Å². The zero-order valence-corrected chi connectivity index (χ0v) is 6.24. The van der Waals surface area contributed by atoms with Gasteiger partial charge in [0, 0.05) is 0 Å². The van der Waals surface area contributed by atoms with E-state index in [1.807, 2.05) is 0 Å². The second kappa shape index (κ2) is 15.7. The summed E-state index contributed by atoms with van der Waals surface area (Å²) in [5, 5.41) is 0. The average molecular weight is 135 g/mol. The lowest BCUT2D eigenvalue weighted by Gasteiger charge is -1.90. The van der Waals surface area contributed by atoms with Crippen molar-refractivity contribution in [3.05, 3.63) is 6.92 Å². The van der Waals surface area contributed by atoms with E-state index in [0.29, 0.717) is 0 Å². The molecule has 2 heteroatoms. The first-order valence-corrected chi connectivity index (χ1v) is 3.21. The molecule has 0 aromatic rings. The third-order valence-electron chi connectivity index (χ3n) is 1.10. The van der Waals surface area contributed by atoms with Crippen LogP contribution in [0, 0.1) is 6.92 Å². The fraction of sp³-hybridized carbons (Fsp3) is 0.857. The maximum Gasteiger partial charge on any atom is -0.0533 e. The van der Waals surface area contributed by atoms with E-state index in [9.17, 15) is 0 Å². The highest BCUT2D eigenvalue weighted by atomic mass is 16.0. The van der Waals surface area contributed by atoms with Crippen molar-refractivity contribution < 1.29 is 11.0 Å². The highest BCUT2D eigenvalue weighted by Gasteiger charge is 1.80. The van der Waals surface area contributed by atoms with Crippen molar-refractivity contribution >= 4 is 0 Å². The van der Waals surface area contributed by atoms with Gasteiger partial charge in [-0.15, -0.1) is 0 Å². The Balaban J connectivity index is -0.000000180. The third kappa shape index (κ3) is 18.1. The van der Waals surface area contributed by atoms with Crippen molar-refractivity contribution in [1.82, 2.24) is 0 Å². The number of rotatable bonds is 4. The predicted molar refractivity (Wildman–Crippen MR) is 41.3 cm³/mol. The van der Waals surface area contributed by atoms with E-state index >= 15 is 0 Å². The van der Waals surface area contributed by atoms with Gasteiger partial charge in [-0.25, -0.2) is 0 Å². The van der Waals surface area contributed by atoms with Crippen molar-refractivity contribution in [3.63, 3.8) is 0 Å². The summed E-state index contributed by atoms with van der Waals surface area (Å²) in [4.78, 5) is 0. The molecule has 0 bridgehead atoms. The van der Waals surface area contributed by atoms with E-state index in [2.05, 4.69) is 13.8 Å². The first-order valence-electron chi connectivity index (χ1n) is 3.21. The zero-order chi connectivity index (χ0) is 5.54. The van der Waals surface area contributed by atoms with Crippen LogP contribution in [0.1, 0.15) is 39.0 Å². The smallest absolute Gasteiger partial charge is 0.0533 e. The first-order chi connectivity index (χ1) is 3.41. The van der Waals surface area contributed by atoms with Gasteiger partial charge in [0.25, 0.3) is 0 Å². The Hall–Kier alpha value is -0.0800. The van der Waals surface area contributed by atoms with Crippen LogP contribution in [-0.2, 0) is 0 Å². The van der Waals surface area contributed by atoms with Crippen LogP contribution in [0.4, 0.5) is 0 Å². The Labute approximate surface area is 57.9 Å². The lowest BCUT2D eigenvalue weighted by molar-refractivity contribution is 0.673. The van der Waals surface area contributed by atoms with Gasteiger partial charge in [-0.05, 0) is 0 Å². The van der Waals surface area contributed by atoms with Crippen molar-refractivity contribution in [2.75, 3.05) is 0 Å². The number of hydrogen-bond donors (Lipinski definition) is 0. The van der Waals surface area contributed by atoms with Gasteiger partial charge in [-0.3, -0.25) is 0 Å². The molecule has 0 amide bonds. The van der Waals surface area contributed by atoms with Crippen LogP contribution in [0.15, 0.2) is 0 Å². The molecule has 0 rings (SSSR count). The summed E-state index contributed by atoms with van der Waals surface area (Å²) >= 11 is 0. The summed E-state index contributed by atoms with van der Waals surface area (Å²) in [7, 11) is 0. The van der Waals surface area contributed by atoms with Crippen LogP contribution >= 0.6 is 0 Å².